The van der Waals surface area contributed by atoms with Gasteiger partial charge < -0.3 is 4.42 Å². The van der Waals surface area contributed by atoms with Crippen LogP contribution in [0, 0.1) is 0 Å². The number of benzene rings is 2. The largest absolute Gasteiger partial charge is 0.411 e. The molecule has 0 amide bonds. The van der Waals surface area contributed by atoms with E-state index < -0.39 is 0 Å². The van der Waals surface area contributed by atoms with Crippen LogP contribution in [-0.4, -0.2) is 10.2 Å². The van der Waals surface area contributed by atoms with Crippen LogP contribution >= 0.6 is 39.3 Å². The molecule has 3 rings (SSSR count). The molecule has 0 saturated carbocycles. The SMILES string of the molecule is Clc1cccc(CSc2nnc(-c3ccc(Br)cc3)o2)c1. The lowest BCUT2D eigenvalue weighted by Gasteiger charge is -1.98. The van der Waals surface area contributed by atoms with Crippen LogP contribution in [0.15, 0.2) is 62.6 Å². The summed E-state index contributed by atoms with van der Waals surface area (Å²) in [6.45, 7) is 0. The second-order valence-corrected chi connectivity index (χ2v) is 6.58. The minimum absolute atomic E-state index is 0.524. The lowest BCUT2D eigenvalue weighted by atomic mass is 10.2. The van der Waals surface area contributed by atoms with Crippen LogP contribution in [0.1, 0.15) is 5.56 Å². The number of hydrogen-bond acceptors (Lipinski definition) is 4. The Morgan fingerprint density at radius 1 is 1.10 bits per heavy atom. The first-order valence-corrected chi connectivity index (χ1v) is 8.33. The topological polar surface area (TPSA) is 38.9 Å². The molecule has 0 unspecified atom stereocenters. The van der Waals surface area contributed by atoms with Gasteiger partial charge in [-0.2, -0.15) is 0 Å². The summed E-state index contributed by atoms with van der Waals surface area (Å²) in [5.41, 5.74) is 2.02. The Balaban J connectivity index is 1.69. The lowest BCUT2D eigenvalue weighted by Crippen LogP contribution is -1.80. The summed E-state index contributed by atoms with van der Waals surface area (Å²) in [5, 5.41) is 9.40. The van der Waals surface area contributed by atoms with Crippen LogP contribution in [-0.2, 0) is 5.75 Å². The quantitative estimate of drug-likeness (QED) is 0.564. The first kappa shape index (κ1) is 14.6. The third kappa shape index (κ3) is 3.87. The molecule has 0 bridgehead atoms. The Hall–Kier alpha value is -1.30. The van der Waals surface area contributed by atoms with Crippen molar-refractivity contribution in [2.24, 2.45) is 0 Å². The predicted molar refractivity (Wildman–Crippen MR) is 88.4 cm³/mol. The number of halogens is 2. The van der Waals surface area contributed by atoms with Crippen molar-refractivity contribution in [2.45, 2.75) is 11.0 Å². The maximum Gasteiger partial charge on any atom is 0.277 e. The van der Waals surface area contributed by atoms with Crippen LogP contribution in [0.4, 0.5) is 0 Å². The second-order valence-electron chi connectivity index (χ2n) is 4.30. The van der Waals surface area contributed by atoms with Gasteiger partial charge in [0.25, 0.3) is 5.22 Å². The molecule has 0 spiro atoms. The highest BCUT2D eigenvalue weighted by Crippen LogP contribution is 2.27. The zero-order chi connectivity index (χ0) is 14.7. The maximum absolute atomic E-state index is 5.96. The Morgan fingerprint density at radius 3 is 2.67 bits per heavy atom. The zero-order valence-corrected chi connectivity index (χ0v) is 14.0. The van der Waals surface area contributed by atoms with Crippen molar-refractivity contribution in [1.82, 2.24) is 10.2 Å². The molecule has 0 aliphatic carbocycles. The second kappa shape index (κ2) is 6.64. The molecule has 0 aliphatic heterocycles. The normalized spacial score (nSPS) is 10.8. The summed E-state index contributed by atoms with van der Waals surface area (Å²) >= 11 is 10.8. The summed E-state index contributed by atoms with van der Waals surface area (Å²) in [5.74, 6) is 1.26. The minimum atomic E-state index is 0.524. The van der Waals surface area contributed by atoms with E-state index in [4.69, 9.17) is 16.0 Å². The molecule has 6 heteroatoms. The van der Waals surface area contributed by atoms with Gasteiger partial charge in [0.15, 0.2) is 0 Å². The number of aromatic nitrogens is 2. The first-order valence-electron chi connectivity index (χ1n) is 6.17. The molecule has 0 saturated heterocycles. The van der Waals surface area contributed by atoms with Gasteiger partial charge in [-0.05, 0) is 42.0 Å². The van der Waals surface area contributed by atoms with Gasteiger partial charge >= 0.3 is 0 Å². The van der Waals surface area contributed by atoms with Crippen molar-refractivity contribution in [2.75, 3.05) is 0 Å². The fourth-order valence-corrected chi connectivity index (χ4v) is 2.93. The summed E-state index contributed by atoms with van der Waals surface area (Å²) < 4.78 is 6.67. The molecule has 3 nitrogen and oxygen atoms in total. The van der Waals surface area contributed by atoms with Crippen LogP contribution in [0.5, 0.6) is 0 Å². The first-order chi connectivity index (χ1) is 10.2. The number of thioether (sulfide) groups is 1. The van der Waals surface area contributed by atoms with Gasteiger partial charge in [-0.1, -0.05) is 51.4 Å². The monoisotopic (exact) mass is 380 g/mol. The molecule has 0 aliphatic rings. The Morgan fingerprint density at radius 2 is 1.90 bits per heavy atom. The van der Waals surface area contributed by atoms with Crippen LogP contribution in [0.3, 0.4) is 0 Å². The molecule has 106 valence electrons. The lowest BCUT2D eigenvalue weighted by molar-refractivity contribution is 0.466. The van der Waals surface area contributed by atoms with Crippen molar-refractivity contribution >= 4 is 39.3 Å². The van der Waals surface area contributed by atoms with Gasteiger partial charge in [0.2, 0.25) is 5.89 Å². The number of hydrogen-bond donors (Lipinski definition) is 0. The fourth-order valence-electron chi connectivity index (χ4n) is 1.75. The van der Waals surface area contributed by atoms with Crippen molar-refractivity contribution in [3.05, 3.63) is 63.6 Å². The summed E-state index contributed by atoms with van der Waals surface area (Å²) in [7, 11) is 0. The van der Waals surface area contributed by atoms with Gasteiger partial charge in [0, 0.05) is 20.8 Å². The maximum atomic E-state index is 5.96. The van der Waals surface area contributed by atoms with Crippen molar-refractivity contribution in [3.8, 4) is 11.5 Å². The Kier molecular flexibility index (Phi) is 4.63. The third-order valence-electron chi connectivity index (χ3n) is 2.75. The summed E-state index contributed by atoms with van der Waals surface area (Å²) in [6, 6.07) is 15.5. The average Bonchev–Trinajstić information content (AvgIpc) is 2.95. The molecule has 1 heterocycles. The van der Waals surface area contributed by atoms with Crippen LogP contribution < -0.4 is 0 Å². The van der Waals surface area contributed by atoms with E-state index in [0.29, 0.717) is 11.1 Å². The highest BCUT2D eigenvalue weighted by Gasteiger charge is 2.09. The molecular formula is C15H10BrClN2OS. The standard InChI is InChI=1S/C15H10BrClN2OS/c16-12-6-4-11(5-7-12)14-18-19-15(20-14)21-9-10-2-1-3-13(17)8-10/h1-8H,9H2. The molecule has 0 N–H and O–H groups in total. The van der Waals surface area contributed by atoms with Gasteiger partial charge in [0.05, 0.1) is 0 Å². The molecule has 1 aromatic heterocycles. The van der Waals surface area contributed by atoms with Crippen LogP contribution in [0.25, 0.3) is 11.5 Å². The molecule has 0 atom stereocenters. The molecule has 0 radical (unpaired) electrons. The van der Waals surface area contributed by atoms with Crippen molar-refractivity contribution in [3.63, 3.8) is 0 Å². The minimum Gasteiger partial charge on any atom is -0.411 e. The molecule has 0 fully saturated rings. The number of rotatable bonds is 4. The van der Waals surface area contributed by atoms with E-state index in [1.165, 1.54) is 11.8 Å². The van der Waals surface area contributed by atoms with Gasteiger partial charge in [0.1, 0.15) is 0 Å². The van der Waals surface area contributed by atoms with Gasteiger partial charge in [-0.15, -0.1) is 10.2 Å². The third-order valence-corrected chi connectivity index (χ3v) is 4.40. The van der Waals surface area contributed by atoms with E-state index >= 15 is 0 Å². The van der Waals surface area contributed by atoms with Crippen molar-refractivity contribution < 1.29 is 4.42 Å². The van der Waals surface area contributed by atoms with E-state index in [2.05, 4.69) is 26.1 Å². The van der Waals surface area contributed by atoms with Crippen molar-refractivity contribution in [1.29, 1.82) is 0 Å². The predicted octanol–water partition coefficient (Wildman–Crippen LogP) is 5.44. The van der Waals surface area contributed by atoms with Gasteiger partial charge in [-0.25, -0.2) is 0 Å². The summed E-state index contributed by atoms with van der Waals surface area (Å²) in [4.78, 5) is 0. The van der Waals surface area contributed by atoms with E-state index in [-0.39, 0.29) is 0 Å². The Labute approximate surface area is 139 Å². The molecule has 2 aromatic carbocycles. The van der Waals surface area contributed by atoms with E-state index in [1.807, 2.05) is 48.5 Å². The molecular weight excluding hydrogens is 372 g/mol. The average molecular weight is 382 g/mol. The van der Waals surface area contributed by atoms with E-state index in [0.717, 1.165) is 26.4 Å². The Bertz CT molecular complexity index is 745. The fraction of sp³-hybridized carbons (Fsp3) is 0.0667. The molecule has 21 heavy (non-hydrogen) atoms. The van der Waals surface area contributed by atoms with E-state index in [9.17, 15) is 0 Å². The summed E-state index contributed by atoms with van der Waals surface area (Å²) in [6.07, 6.45) is 0. The highest BCUT2D eigenvalue weighted by atomic mass is 79.9. The smallest absolute Gasteiger partial charge is 0.277 e. The number of nitrogens with zero attached hydrogens (tertiary/aromatic N) is 2. The molecule has 3 aromatic rings. The van der Waals surface area contributed by atoms with Gasteiger partial charge in [-0.3, -0.25) is 0 Å². The van der Waals surface area contributed by atoms with E-state index in [1.54, 1.807) is 0 Å². The highest BCUT2D eigenvalue weighted by molar-refractivity contribution is 9.10. The zero-order valence-electron chi connectivity index (χ0n) is 10.8. The van der Waals surface area contributed by atoms with Crippen LogP contribution in [0.2, 0.25) is 5.02 Å².